The minimum absolute atomic E-state index is 0.379. The number of H-pyrrole nitrogens is 1. The lowest BCUT2D eigenvalue weighted by atomic mass is 9.99. The number of allylic oxidation sites excluding steroid dienone is 1. The minimum Gasteiger partial charge on any atom is -0.351 e. The summed E-state index contributed by atoms with van der Waals surface area (Å²) in [5.41, 5.74) is 5.23. The quantitative estimate of drug-likeness (QED) is 0.533. The molecule has 7 nitrogen and oxygen atoms in total. The van der Waals surface area contributed by atoms with Crippen molar-refractivity contribution in [2.75, 3.05) is 18.1 Å². The Bertz CT molecular complexity index is 1170. The molecule has 3 N–H and O–H groups in total. The molecule has 0 saturated heterocycles. The van der Waals surface area contributed by atoms with E-state index >= 15 is 0 Å². The molecule has 2 aromatic heterocycles. The van der Waals surface area contributed by atoms with Crippen molar-refractivity contribution in [3.8, 4) is 12.3 Å². The van der Waals surface area contributed by atoms with E-state index in [1.807, 2.05) is 18.5 Å². The Morgan fingerprint density at radius 2 is 2.04 bits per heavy atom. The van der Waals surface area contributed by atoms with Gasteiger partial charge in [-0.25, -0.2) is 15.8 Å². The van der Waals surface area contributed by atoms with E-state index in [4.69, 9.17) is 17.2 Å². The fraction of sp³-hybridized carbons (Fsp3) is 0.190. The number of rotatable bonds is 2. The molecule has 7 heteroatoms. The molecule has 0 unspecified atom stereocenters. The zero-order valence-electron chi connectivity index (χ0n) is 15.3. The van der Waals surface area contributed by atoms with Crippen LogP contribution in [0.5, 0.6) is 0 Å². The molecule has 2 aliphatic rings. The van der Waals surface area contributed by atoms with Gasteiger partial charge in [0.05, 0.1) is 11.1 Å². The summed E-state index contributed by atoms with van der Waals surface area (Å²) in [5.74, 6) is 9.57. The monoisotopic (exact) mass is 369 g/mol. The summed E-state index contributed by atoms with van der Waals surface area (Å²) in [5, 5.41) is 2.47. The van der Waals surface area contributed by atoms with E-state index in [-0.39, 0.29) is 0 Å². The van der Waals surface area contributed by atoms with Crippen molar-refractivity contribution >= 4 is 22.6 Å². The molecule has 138 valence electrons. The van der Waals surface area contributed by atoms with Gasteiger partial charge in [0.15, 0.2) is 0 Å². The van der Waals surface area contributed by atoms with E-state index in [1.165, 1.54) is 16.1 Å². The second kappa shape index (κ2) is 6.51. The summed E-state index contributed by atoms with van der Waals surface area (Å²) in [6, 6.07) is 8.53. The third-order valence-corrected chi connectivity index (χ3v) is 5.18. The van der Waals surface area contributed by atoms with Crippen molar-refractivity contribution in [1.29, 1.82) is 0 Å². The van der Waals surface area contributed by atoms with Crippen LogP contribution in [0.1, 0.15) is 22.5 Å². The lowest BCUT2D eigenvalue weighted by Gasteiger charge is -2.30. The highest BCUT2D eigenvalue weighted by Gasteiger charge is 2.24. The first kappa shape index (κ1) is 16.5. The molecule has 28 heavy (non-hydrogen) atoms. The number of fused-ring (bicyclic) bond motifs is 2. The van der Waals surface area contributed by atoms with E-state index < -0.39 is 0 Å². The van der Waals surface area contributed by atoms with Gasteiger partial charge in [-0.3, -0.25) is 10.0 Å². The molecule has 0 radical (unpaired) electrons. The topological polar surface area (TPSA) is 86.4 Å². The van der Waals surface area contributed by atoms with Crippen LogP contribution in [-0.2, 0) is 13.0 Å². The van der Waals surface area contributed by atoms with Gasteiger partial charge < -0.3 is 9.88 Å². The number of anilines is 1. The van der Waals surface area contributed by atoms with Crippen LogP contribution in [0.4, 0.5) is 5.82 Å². The van der Waals surface area contributed by atoms with Gasteiger partial charge in [0.1, 0.15) is 18.1 Å². The van der Waals surface area contributed by atoms with Gasteiger partial charge in [-0.05, 0) is 29.5 Å². The molecule has 0 aliphatic carbocycles. The van der Waals surface area contributed by atoms with Gasteiger partial charge in [0.25, 0.3) is 0 Å². The number of hydrazine groups is 1. The van der Waals surface area contributed by atoms with E-state index in [0.717, 1.165) is 47.6 Å². The first-order valence-corrected chi connectivity index (χ1v) is 9.15. The molecule has 0 amide bonds. The maximum Gasteiger partial charge on any atom is 0.208 e. The lowest BCUT2D eigenvalue weighted by Crippen LogP contribution is -2.31. The number of hydrogen-bond acceptors (Lipinski definition) is 6. The molecule has 2 aliphatic heterocycles. The Hall–Kier alpha value is -3.63. The second-order valence-corrected chi connectivity index (χ2v) is 6.90. The number of nitrogens with two attached hydrogens (primary N) is 1. The minimum atomic E-state index is 0.379. The molecule has 1 aromatic carbocycles. The van der Waals surface area contributed by atoms with Crippen LogP contribution in [0, 0.1) is 12.3 Å². The first-order chi connectivity index (χ1) is 13.7. The SMILES string of the molecule is C#Cc1nc(N2CCc3ccccc3C2)c2c(C3=NCN(N)C=C3)c[nH]c2n1. The summed E-state index contributed by atoms with van der Waals surface area (Å²) in [6.45, 7) is 2.07. The summed E-state index contributed by atoms with van der Waals surface area (Å²) in [7, 11) is 0. The van der Waals surface area contributed by atoms with Gasteiger partial charge in [0, 0.05) is 31.0 Å². The van der Waals surface area contributed by atoms with Crippen LogP contribution in [-0.4, -0.2) is 38.9 Å². The average Bonchev–Trinajstić information content (AvgIpc) is 3.17. The molecule has 0 spiro atoms. The van der Waals surface area contributed by atoms with Crippen molar-refractivity contribution in [2.24, 2.45) is 10.8 Å². The summed E-state index contributed by atoms with van der Waals surface area (Å²) >= 11 is 0. The largest absolute Gasteiger partial charge is 0.351 e. The number of aromatic nitrogens is 3. The van der Waals surface area contributed by atoms with E-state index in [0.29, 0.717) is 12.5 Å². The Balaban J connectivity index is 1.65. The second-order valence-electron chi connectivity index (χ2n) is 6.90. The molecule has 0 bridgehead atoms. The summed E-state index contributed by atoms with van der Waals surface area (Å²) in [4.78, 5) is 19.3. The fourth-order valence-electron chi connectivity index (χ4n) is 3.78. The normalized spacial score (nSPS) is 16.1. The number of aliphatic imine (C=N–C) groups is 1. The zero-order chi connectivity index (χ0) is 19.1. The number of nitrogens with zero attached hydrogens (tertiary/aromatic N) is 5. The molecule has 0 atom stereocenters. The number of aromatic amines is 1. The predicted octanol–water partition coefficient (Wildman–Crippen LogP) is 1.95. The van der Waals surface area contributed by atoms with Gasteiger partial charge in [-0.1, -0.05) is 24.3 Å². The maximum absolute atomic E-state index is 5.77. The Kier molecular flexibility index (Phi) is 3.85. The molecule has 0 saturated carbocycles. The third-order valence-electron chi connectivity index (χ3n) is 5.18. The van der Waals surface area contributed by atoms with Crippen molar-refractivity contribution < 1.29 is 0 Å². The lowest BCUT2D eigenvalue weighted by molar-refractivity contribution is 0.404. The van der Waals surface area contributed by atoms with Gasteiger partial charge in [0.2, 0.25) is 5.82 Å². The fourth-order valence-corrected chi connectivity index (χ4v) is 3.78. The summed E-state index contributed by atoms with van der Waals surface area (Å²) < 4.78 is 0. The van der Waals surface area contributed by atoms with E-state index in [9.17, 15) is 0 Å². The average molecular weight is 369 g/mol. The molecule has 4 heterocycles. The van der Waals surface area contributed by atoms with Gasteiger partial charge in [-0.2, -0.15) is 0 Å². The van der Waals surface area contributed by atoms with Crippen LogP contribution in [0.3, 0.4) is 0 Å². The Labute approximate surface area is 162 Å². The van der Waals surface area contributed by atoms with Gasteiger partial charge in [-0.15, -0.1) is 6.42 Å². The maximum atomic E-state index is 5.77. The molecular formula is C21H19N7. The summed E-state index contributed by atoms with van der Waals surface area (Å²) in [6.07, 6.45) is 12.2. The first-order valence-electron chi connectivity index (χ1n) is 9.15. The molecule has 3 aromatic rings. The third kappa shape index (κ3) is 2.71. The highest BCUT2D eigenvalue weighted by Crippen LogP contribution is 2.32. The van der Waals surface area contributed by atoms with Crippen LogP contribution >= 0.6 is 0 Å². The molecular weight excluding hydrogens is 350 g/mol. The molecule has 5 rings (SSSR count). The number of hydrogen-bond donors (Lipinski definition) is 2. The van der Waals surface area contributed by atoms with Crippen LogP contribution in [0.15, 0.2) is 47.7 Å². The highest BCUT2D eigenvalue weighted by molar-refractivity contribution is 6.18. The Morgan fingerprint density at radius 1 is 1.18 bits per heavy atom. The highest BCUT2D eigenvalue weighted by atomic mass is 15.4. The van der Waals surface area contributed by atoms with E-state index in [1.54, 1.807) is 0 Å². The van der Waals surface area contributed by atoms with Crippen molar-refractivity contribution in [3.05, 3.63) is 65.3 Å². The van der Waals surface area contributed by atoms with E-state index in [2.05, 4.69) is 50.0 Å². The number of terminal acetylenes is 1. The molecule has 0 fully saturated rings. The smallest absolute Gasteiger partial charge is 0.208 e. The number of nitrogens with one attached hydrogen (secondary N) is 1. The van der Waals surface area contributed by atoms with Crippen molar-refractivity contribution in [1.82, 2.24) is 20.0 Å². The zero-order valence-corrected chi connectivity index (χ0v) is 15.3. The van der Waals surface area contributed by atoms with Crippen molar-refractivity contribution in [2.45, 2.75) is 13.0 Å². The van der Waals surface area contributed by atoms with Crippen LogP contribution in [0.25, 0.3) is 11.0 Å². The standard InChI is InChI=1S/C21H19N7/c1-2-18-25-20-19(16(11-23-20)17-8-10-28(22)13-24-17)21(26-18)27-9-7-14-5-3-4-6-15(14)12-27/h1,3-6,8,10-11H,7,9,12-13,22H2,(H,23,25,26). The van der Waals surface area contributed by atoms with Crippen molar-refractivity contribution in [3.63, 3.8) is 0 Å². The predicted molar refractivity (Wildman–Crippen MR) is 110 cm³/mol. The van der Waals surface area contributed by atoms with Crippen LogP contribution < -0.4 is 10.7 Å². The van der Waals surface area contributed by atoms with Crippen LogP contribution in [0.2, 0.25) is 0 Å². The Morgan fingerprint density at radius 3 is 2.82 bits per heavy atom. The number of benzene rings is 1. The van der Waals surface area contributed by atoms with Gasteiger partial charge >= 0.3 is 0 Å².